The van der Waals surface area contributed by atoms with Gasteiger partial charge in [-0.15, -0.1) is 0 Å². The fraction of sp³-hybridized carbons (Fsp3) is 0.222. The number of anilines is 1. The molecular weight excluding hydrogens is 375 g/mol. The van der Waals surface area contributed by atoms with Crippen LogP contribution in [0.1, 0.15) is 22.8 Å². The van der Waals surface area contributed by atoms with Gasteiger partial charge in [-0.3, -0.25) is 9.59 Å². The number of nitrogens with one attached hydrogen (secondary N) is 1. The van der Waals surface area contributed by atoms with Crippen molar-refractivity contribution in [3.05, 3.63) is 63.9 Å². The van der Waals surface area contributed by atoms with Gasteiger partial charge in [-0.25, -0.2) is 4.39 Å². The fourth-order valence-corrected chi connectivity index (χ4v) is 2.86. The summed E-state index contributed by atoms with van der Waals surface area (Å²) in [5.41, 5.74) is 2.01. The second-order valence-electron chi connectivity index (χ2n) is 5.37. The molecule has 0 saturated carbocycles. The Bertz CT molecular complexity index is 764. The maximum absolute atomic E-state index is 13.1. The Hall–Kier alpha value is -2.21. The summed E-state index contributed by atoms with van der Waals surface area (Å²) in [4.78, 5) is 25.5. The number of hydrogen-bond donors (Lipinski definition) is 1. The van der Waals surface area contributed by atoms with Gasteiger partial charge in [0.15, 0.2) is 0 Å². The highest BCUT2D eigenvalue weighted by molar-refractivity contribution is 9.10. The number of nitrogens with zero attached hydrogens (tertiary/aromatic N) is 1. The number of rotatable bonds is 5. The van der Waals surface area contributed by atoms with Crippen LogP contribution in [0.5, 0.6) is 0 Å². The molecule has 2 aromatic carbocycles. The lowest BCUT2D eigenvalue weighted by Gasteiger charge is -2.23. The van der Waals surface area contributed by atoms with Crippen LogP contribution in [-0.4, -0.2) is 24.9 Å². The molecule has 0 saturated heterocycles. The Morgan fingerprint density at radius 1 is 1.21 bits per heavy atom. The van der Waals surface area contributed by atoms with Crippen molar-refractivity contribution in [1.29, 1.82) is 0 Å². The van der Waals surface area contributed by atoms with E-state index in [-0.39, 0.29) is 23.9 Å². The Kier molecular flexibility index (Phi) is 6.09. The Labute approximate surface area is 148 Å². The van der Waals surface area contributed by atoms with Crippen LogP contribution in [0, 0.1) is 12.7 Å². The molecule has 0 radical (unpaired) electrons. The van der Waals surface area contributed by atoms with Gasteiger partial charge in [-0.1, -0.05) is 22.0 Å². The van der Waals surface area contributed by atoms with Crippen molar-refractivity contribution in [2.45, 2.75) is 13.8 Å². The summed E-state index contributed by atoms with van der Waals surface area (Å²) in [7, 11) is 0. The summed E-state index contributed by atoms with van der Waals surface area (Å²) < 4.78 is 14.1. The van der Waals surface area contributed by atoms with Crippen LogP contribution >= 0.6 is 15.9 Å². The van der Waals surface area contributed by atoms with Crippen LogP contribution in [0.15, 0.2) is 46.9 Å². The second kappa shape index (κ2) is 8.06. The summed E-state index contributed by atoms with van der Waals surface area (Å²) in [5, 5.41) is 2.70. The number of halogens is 2. The third kappa shape index (κ3) is 4.64. The summed E-state index contributed by atoms with van der Waals surface area (Å²) in [5.74, 6) is -0.940. The zero-order valence-corrected chi connectivity index (χ0v) is 15.1. The SMILES string of the molecule is CC(=O)N(CCNC(=O)c1cccc(F)c1)c1ccc(Br)cc1C. The van der Waals surface area contributed by atoms with Crippen molar-refractivity contribution in [2.75, 3.05) is 18.0 Å². The molecule has 2 aromatic rings. The van der Waals surface area contributed by atoms with Crippen LogP contribution in [0.4, 0.5) is 10.1 Å². The minimum Gasteiger partial charge on any atom is -0.350 e. The first-order valence-electron chi connectivity index (χ1n) is 7.46. The highest BCUT2D eigenvalue weighted by atomic mass is 79.9. The molecule has 2 rings (SSSR count). The first-order chi connectivity index (χ1) is 11.4. The molecule has 0 unspecified atom stereocenters. The third-order valence-corrected chi connectivity index (χ3v) is 4.03. The monoisotopic (exact) mass is 392 g/mol. The molecule has 6 heteroatoms. The molecule has 0 bridgehead atoms. The van der Waals surface area contributed by atoms with E-state index >= 15 is 0 Å². The average Bonchev–Trinajstić information content (AvgIpc) is 2.52. The van der Waals surface area contributed by atoms with E-state index in [1.807, 2.05) is 25.1 Å². The first-order valence-corrected chi connectivity index (χ1v) is 8.26. The van der Waals surface area contributed by atoms with Gasteiger partial charge in [-0.2, -0.15) is 0 Å². The summed E-state index contributed by atoms with van der Waals surface area (Å²) >= 11 is 3.39. The van der Waals surface area contributed by atoms with Gasteiger partial charge in [0, 0.05) is 35.7 Å². The molecule has 0 aromatic heterocycles. The van der Waals surface area contributed by atoms with Crippen molar-refractivity contribution in [3.8, 4) is 0 Å². The Balaban J connectivity index is 2.02. The van der Waals surface area contributed by atoms with Crippen LogP contribution in [0.3, 0.4) is 0 Å². The van der Waals surface area contributed by atoms with Crippen LogP contribution in [0.2, 0.25) is 0 Å². The highest BCUT2D eigenvalue weighted by Crippen LogP contribution is 2.23. The predicted molar refractivity (Wildman–Crippen MR) is 95.6 cm³/mol. The standard InChI is InChI=1S/C18H18BrFN2O2/c1-12-10-15(19)6-7-17(12)22(13(2)23)9-8-21-18(24)14-4-3-5-16(20)11-14/h3-7,10-11H,8-9H2,1-2H3,(H,21,24). The number of benzene rings is 2. The van der Waals surface area contributed by atoms with E-state index in [2.05, 4.69) is 21.2 Å². The van der Waals surface area contributed by atoms with Gasteiger partial charge >= 0.3 is 0 Å². The molecule has 0 aliphatic heterocycles. The maximum Gasteiger partial charge on any atom is 0.251 e. The van der Waals surface area contributed by atoms with E-state index in [1.165, 1.54) is 25.1 Å². The van der Waals surface area contributed by atoms with Crippen molar-refractivity contribution >= 4 is 33.4 Å². The van der Waals surface area contributed by atoms with Gasteiger partial charge < -0.3 is 10.2 Å². The zero-order chi connectivity index (χ0) is 17.7. The lowest BCUT2D eigenvalue weighted by Crippen LogP contribution is -2.38. The van der Waals surface area contributed by atoms with Crippen molar-refractivity contribution in [2.24, 2.45) is 0 Å². The normalized spacial score (nSPS) is 10.3. The van der Waals surface area contributed by atoms with E-state index in [4.69, 9.17) is 0 Å². The summed E-state index contributed by atoms with van der Waals surface area (Å²) in [6.45, 7) is 4.00. The minimum absolute atomic E-state index is 0.111. The third-order valence-electron chi connectivity index (χ3n) is 3.54. The number of carbonyl (C=O) groups is 2. The molecule has 0 atom stereocenters. The van der Waals surface area contributed by atoms with Gasteiger partial charge in [0.25, 0.3) is 5.91 Å². The lowest BCUT2D eigenvalue weighted by atomic mass is 10.1. The Morgan fingerprint density at radius 2 is 1.96 bits per heavy atom. The second-order valence-corrected chi connectivity index (χ2v) is 6.28. The van der Waals surface area contributed by atoms with E-state index in [1.54, 1.807) is 11.0 Å². The van der Waals surface area contributed by atoms with Crippen LogP contribution in [0.25, 0.3) is 0 Å². The lowest BCUT2D eigenvalue weighted by molar-refractivity contribution is -0.116. The molecular formula is C18H18BrFN2O2. The molecule has 2 amide bonds. The van der Waals surface area contributed by atoms with Gasteiger partial charge in [0.2, 0.25) is 5.91 Å². The molecule has 24 heavy (non-hydrogen) atoms. The summed E-state index contributed by atoms with van der Waals surface area (Å²) in [6.07, 6.45) is 0. The molecule has 0 aliphatic carbocycles. The molecule has 1 N–H and O–H groups in total. The van der Waals surface area contributed by atoms with Crippen molar-refractivity contribution in [1.82, 2.24) is 5.32 Å². The average molecular weight is 393 g/mol. The quantitative estimate of drug-likeness (QED) is 0.843. The fourth-order valence-electron chi connectivity index (χ4n) is 2.38. The summed E-state index contributed by atoms with van der Waals surface area (Å²) in [6, 6.07) is 11.1. The molecule has 0 fully saturated rings. The van der Waals surface area contributed by atoms with Crippen LogP contribution in [-0.2, 0) is 4.79 Å². The zero-order valence-electron chi connectivity index (χ0n) is 13.5. The Morgan fingerprint density at radius 3 is 2.58 bits per heavy atom. The molecule has 126 valence electrons. The van der Waals surface area contributed by atoms with E-state index in [0.717, 1.165) is 15.7 Å². The van der Waals surface area contributed by atoms with Gasteiger partial charge in [0.05, 0.1) is 0 Å². The molecule has 4 nitrogen and oxygen atoms in total. The van der Waals surface area contributed by atoms with E-state index in [0.29, 0.717) is 6.54 Å². The van der Waals surface area contributed by atoms with E-state index < -0.39 is 5.82 Å². The molecule has 0 spiro atoms. The highest BCUT2D eigenvalue weighted by Gasteiger charge is 2.14. The predicted octanol–water partition coefficient (Wildman–Crippen LogP) is 3.68. The number of carbonyl (C=O) groups excluding carboxylic acids is 2. The molecule has 0 aliphatic rings. The van der Waals surface area contributed by atoms with Gasteiger partial charge in [0.1, 0.15) is 5.82 Å². The topological polar surface area (TPSA) is 49.4 Å². The van der Waals surface area contributed by atoms with Crippen molar-refractivity contribution in [3.63, 3.8) is 0 Å². The maximum atomic E-state index is 13.1. The molecule has 0 heterocycles. The van der Waals surface area contributed by atoms with Crippen molar-refractivity contribution < 1.29 is 14.0 Å². The number of amides is 2. The smallest absolute Gasteiger partial charge is 0.251 e. The number of hydrogen-bond acceptors (Lipinski definition) is 2. The first kappa shape index (κ1) is 18.1. The largest absolute Gasteiger partial charge is 0.350 e. The van der Waals surface area contributed by atoms with E-state index in [9.17, 15) is 14.0 Å². The van der Waals surface area contributed by atoms with Gasteiger partial charge in [-0.05, 0) is 48.9 Å². The number of aryl methyl sites for hydroxylation is 1. The minimum atomic E-state index is -0.460. The van der Waals surface area contributed by atoms with Crippen LogP contribution < -0.4 is 10.2 Å².